The molecule has 4 rings (SSSR count). The van der Waals surface area contributed by atoms with Gasteiger partial charge in [-0.25, -0.2) is 13.4 Å². The number of rotatable bonds is 7. The number of carbonyl (C=O) groups is 1. The monoisotopic (exact) mass is 491 g/mol. The lowest BCUT2D eigenvalue weighted by atomic mass is 10.1. The first-order valence-electron chi connectivity index (χ1n) is 10.8. The van der Waals surface area contributed by atoms with E-state index in [0.717, 1.165) is 16.5 Å². The van der Waals surface area contributed by atoms with E-state index in [0.29, 0.717) is 36.8 Å². The van der Waals surface area contributed by atoms with Gasteiger partial charge >= 0.3 is 5.97 Å². The predicted octanol–water partition coefficient (Wildman–Crippen LogP) is 4.13. The number of carboxylic acids is 1. The molecule has 0 bridgehead atoms. The summed E-state index contributed by atoms with van der Waals surface area (Å²) in [5, 5.41) is 10.7. The van der Waals surface area contributed by atoms with Crippen molar-refractivity contribution in [3.05, 3.63) is 53.3 Å². The van der Waals surface area contributed by atoms with Gasteiger partial charge in [-0.3, -0.25) is 4.79 Å². The van der Waals surface area contributed by atoms with Gasteiger partial charge in [-0.05, 0) is 50.5 Å². The molecule has 1 saturated heterocycles. The van der Waals surface area contributed by atoms with Crippen LogP contribution in [-0.2, 0) is 21.2 Å². The van der Waals surface area contributed by atoms with E-state index >= 15 is 0 Å². The van der Waals surface area contributed by atoms with Crippen molar-refractivity contribution in [2.24, 2.45) is 0 Å². The SMILES string of the molecule is CC(C)Oc1ccc(S(=O)(=O)N2CCC(n3cc(CC(=O)O)c4ccc(Cl)cc43)CC2)cn1. The number of hydrogen-bond donors (Lipinski definition) is 1. The number of aromatic nitrogens is 2. The summed E-state index contributed by atoms with van der Waals surface area (Å²) in [7, 11) is -3.67. The lowest BCUT2D eigenvalue weighted by Crippen LogP contribution is -2.39. The number of fused-ring (bicyclic) bond motifs is 1. The van der Waals surface area contributed by atoms with Crippen LogP contribution < -0.4 is 4.74 Å². The summed E-state index contributed by atoms with van der Waals surface area (Å²) in [6, 6.07) is 8.55. The highest BCUT2D eigenvalue weighted by molar-refractivity contribution is 7.89. The Labute approximate surface area is 197 Å². The van der Waals surface area contributed by atoms with Crippen LogP contribution in [0.3, 0.4) is 0 Å². The summed E-state index contributed by atoms with van der Waals surface area (Å²) < 4.78 is 35.2. The van der Waals surface area contributed by atoms with Crippen molar-refractivity contribution in [3.63, 3.8) is 0 Å². The zero-order valence-electron chi connectivity index (χ0n) is 18.4. The minimum atomic E-state index is -3.67. The van der Waals surface area contributed by atoms with Crippen molar-refractivity contribution in [2.75, 3.05) is 13.1 Å². The van der Waals surface area contributed by atoms with Crippen LogP contribution in [0.2, 0.25) is 5.02 Å². The molecule has 1 N–H and O–H groups in total. The normalized spacial score (nSPS) is 15.9. The quantitative estimate of drug-likeness (QED) is 0.533. The smallest absolute Gasteiger partial charge is 0.307 e. The highest BCUT2D eigenvalue weighted by atomic mass is 35.5. The van der Waals surface area contributed by atoms with E-state index in [-0.39, 0.29) is 23.5 Å². The maximum atomic E-state index is 13.1. The number of halogens is 1. The van der Waals surface area contributed by atoms with E-state index in [1.54, 1.807) is 12.1 Å². The first-order valence-corrected chi connectivity index (χ1v) is 12.6. The molecular formula is C23H26ClN3O5S. The van der Waals surface area contributed by atoms with E-state index in [4.69, 9.17) is 16.3 Å². The average Bonchev–Trinajstić information content (AvgIpc) is 3.10. The summed E-state index contributed by atoms with van der Waals surface area (Å²) in [5.41, 5.74) is 1.59. The Morgan fingerprint density at radius 3 is 2.58 bits per heavy atom. The molecule has 0 amide bonds. The van der Waals surface area contributed by atoms with Gasteiger partial charge in [-0.15, -0.1) is 0 Å². The maximum Gasteiger partial charge on any atom is 0.307 e. The number of ether oxygens (including phenoxy) is 1. The third-order valence-electron chi connectivity index (χ3n) is 5.74. The molecule has 2 aromatic heterocycles. The lowest BCUT2D eigenvalue weighted by Gasteiger charge is -2.32. The minimum Gasteiger partial charge on any atom is -0.481 e. The molecule has 33 heavy (non-hydrogen) atoms. The first-order chi connectivity index (χ1) is 15.6. The van der Waals surface area contributed by atoms with Crippen molar-refractivity contribution in [2.45, 2.75) is 50.2 Å². The van der Waals surface area contributed by atoms with Crippen LogP contribution in [0.15, 0.2) is 47.6 Å². The highest BCUT2D eigenvalue weighted by Gasteiger charge is 2.31. The molecule has 0 aliphatic carbocycles. The summed E-state index contributed by atoms with van der Waals surface area (Å²) in [6.45, 7) is 4.46. The fourth-order valence-corrected chi connectivity index (χ4v) is 5.83. The van der Waals surface area contributed by atoms with Crippen LogP contribution in [0.1, 0.15) is 38.3 Å². The number of benzene rings is 1. The van der Waals surface area contributed by atoms with Crippen molar-refractivity contribution >= 4 is 38.5 Å². The largest absolute Gasteiger partial charge is 0.481 e. The van der Waals surface area contributed by atoms with Crippen LogP contribution in [-0.4, -0.2) is 52.5 Å². The average molecular weight is 492 g/mol. The number of carboxylic acid groups (broad SMARTS) is 1. The zero-order chi connectivity index (χ0) is 23.8. The molecule has 3 heterocycles. The molecule has 176 valence electrons. The topological polar surface area (TPSA) is 102 Å². The second kappa shape index (κ2) is 9.32. The molecule has 0 radical (unpaired) electrons. The van der Waals surface area contributed by atoms with Gasteiger partial charge in [0, 0.05) is 41.8 Å². The summed E-state index contributed by atoms with van der Waals surface area (Å²) in [6.07, 6.45) is 4.27. The van der Waals surface area contributed by atoms with E-state index in [1.807, 2.05) is 36.7 Å². The molecule has 1 aliphatic rings. The van der Waals surface area contributed by atoms with E-state index in [1.165, 1.54) is 16.6 Å². The summed E-state index contributed by atoms with van der Waals surface area (Å²) in [4.78, 5) is 15.6. The third kappa shape index (κ3) is 5.00. The van der Waals surface area contributed by atoms with Gasteiger partial charge in [0.25, 0.3) is 0 Å². The number of sulfonamides is 1. The fourth-order valence-electron chi connectivity index (χ4n) is 4.24. The number of pyridine rings is 1. The Kier molecular flexibility index (Phi) is 6.65. The van der Waals surface area contributed by atoms with Gasteiger partial charge in [-0.2, -0.15) is 4.31 Å². The van der Waals surface area contributed by atoms with Gasteiger partial charge in [0.15, 0.2) is 0 Å². The molecular weight excluding hydrogens is 466 g/mol. The summed E-state index contributed by atoms with van der Waals surface area (Å²) in [5.74, 6) is -0.513. The lowest BCUT2D eigenvalue weighted by molar-refractivity contribution is -0.136. The van der Waals surface area contributed by atoms with E-state index < -0.39 is 16.0 Å². The Morgan fingerprint density at radius 2 is 1.97 bits per heavy atom. The minimum absolute atomic E-state index is 0.0416. The van der Waals surface area contributed by atoms with Crippen LogP contribution in [0.25, 0.3) is 10.9 Å². The second-order valence-corrected chi connectivity index (χ2v) is 10.8. The summed E-state index contributed by atoms with van der Waals surface area (Å²) >= 11 is 6.20. The standard InChI is InChI=1S/C23H26ClN3O5S/c1-15(2)32-22-6-4-19(13-25-22)33(30,31)26-9-7-18(8-10-26)27-14-16(11-23(28)29)20-5-3-17(24)12-21(20)27/h3-6,12-15,18H,7-11H2,1-2H3,(H,28,29). The first kappa shape index (κ1) is 23.5. The van der Waals surface area contributed by atoms with Gasteiger partial charge in [0.2, 0.25) is 15.9 Å². The molecule has 1 aliphatic heterocycles. The zero-order valence-corrected chi connectivity index (χ0v) is 20.0. The Bertz CT molecular complexity index is 1260. The van der Waals surface area contributed by atoms with Gasteiger partial charge in [-0.1, -0.05) is 17.7 Å². The number of aliphatic carboxylic acids is 1. The van der Waals surface area contributed by atoms with Crippen molar-refractivity contribution < 1.29 is 23.1 Å². The number of hydrogen-bond acceptors (Lipinski definition) is 5. The fraction of sp³-hybridized carbons (Fsp3) is 0.391. The molecule has 1 aromatic carbocycles. The van der Waals surface area contributed by atoms with Crippen LogP contribution in [0.5, 0.6) is 5.88 Å². The molecule has 10 heteroatoms. The van der Waals surface area contributed by atoms with Gasteiger partial charge in [0.1, 0.15) is 4.90 Å². The number of piperidine rings is 1. The molecule has 0 saturated carbocycles. The van der Waals surface area contributed by atoms with Crippen LogP contribution in [0.4, 0.5) is 0 Å². The highest BCUT2D eigenvalue weighted by Crippen LogP contribution is 2.33. The van der Waals surface area contributed by atoms with Crippen molar-refractivity contribution in [1.82, 2.24) is 13.9 Å². The van der Waals surface area contributed by atoms with E-state index in [9.17, 15) is 18.3 Å². The molecule has 0 unspecified atom stereocenters. The molecule has 0 atom stereocenters. The Hall–Kier alpha value is -2.62. The molecule has 8 nitrogen and oxygen atoms in total. The third-order valence-corrected chi connectivity index (χ3v) is 7.86. The van der Waals surface area contributed by atoms with Crippen LogP contribution >= 0.6 is 11.6 Å². The molecule has 1 fully saturated rings. The van der Waals surface area contributed by atoms with Crippen molar-refractivity contribution in [3.8, 4) is 5.88 Å². The number of nitrogens with zero attached hydrogens (tertiary/aromatic N) is 3. The second-order valence-electron chi connectivity index (χ2n) is 8.43. The molecule has 0 spiro atoms. The molecule has 3 aromatic rings. The van der Waals surface area contributed by atoms with Gasteiger partial charge in [0.05, 0.1) is 24.2 Å². The van der Waals surface area contributed by atoms with Gasteiger partial charge < -0.3 is 14.4 Å². The Balaban J connectivity index is 1.52. The maximum absolute atomic E-state index is 13.1. The van der Waals surface area contributed by atoms with E-state index in [2.05, 4.69) is 4.98 Å². The predicted molar refractivity (Wildman–Crippen MR) is 125 cm³/mol. The Morgan fingerprint density at radius 1 is 1.24 bits per heavy atom. The van der Waals surface area contributed by atoms with Crippen LogP contribution in [0, 0.1) is 0 Å². The van der Waals surface area contributed by atoms with Crippen molar-refractivity contribution in [1.29, 1.82) is 0 Å².